The van der Waals surface area contributed by atoms with Crippen molar-refractivity contribution in [2.75, 3.05) is 14.7 Å². The molecule has 390 valence electrons. The number of hydrogen-bond acceptors (Lipinski definition) is 4. The van der Waals surface area contributed by atoms with Crippen LogP contribution in [-0.2, 0) is 0 Å². The van der Waals surface area contributed by atoms with Crippen LogP contribution >= 0.6 is 0 Å². The van der Waals surface area contributed by atoms with Crippen LogP contribution in [0.15, 0.2) is 328 Å². The molecule has 0 bridgehead atoms. The zero-order valence-corrected chi connectivity index (χ0v) is 45.5. The SMILES string of the molecule is c1ccc(-c2cc(-c3ccccc3)cc(-c3cc4c5c(c3)N(c3c(-c6ccccc6)cccc3-c3ccccc3)c3cc(N(c6ccccc6)c6ccccc6)ccc3B5c3ccc(N(c5ccccc5)c5ccccc5)cc3O4)c2)cc1. The number of para-hydroxylation sites is 5. The van der Waals surface area contributed by atoms with Crippen molar-refractivity contribution in [1.29, 1.82) is 0 Å². The van der Waals surface area contributed by atoms with Gasteiger partial charge < -0.3 is 19.4 Å². The van der Waals surface area contributed by atoms with E-state index in [-0.39, 0.29) is 6.71 Å². The molecule has 0 atom stereocenters. The maximum Gasteiger partial charge on any atom is 0.256 e. The number of ether oxygens (including phenoxy) is 1. The lowest BCUT2D eigenvalue weighted by Gasteiger charge is -2.42. The summed E-state index contributed by atoms with van der Waals surface area (Å²) in [6, 6.07) is 118. The maximum absolute atomic E-state index is 7.62. The first-order valence-corrected chi connectivity index (χ1v) is 28.4. The highest BCUT2D eigenvalue weighted by molar-refractivity contribution is 6.99. The molecule has 0 aliphatic carbocycles. The highest BCUT2D eigenvalue weighted by atomic mass is 16.5. The maximum atomic E-state index is 7.62. The van der Waals surface area contributed by atoms with Gasteiger partial charge in [0.15, 0.2) is 0 Å². The molecule has 13 aromatic carbocycles. The van der Waals surface area contributed by atoms with Crippen LogP contribution in [0, 0.1) is 0 Å². The van der Waals surface area contributed by atoms with Gasteiger partial charge in [-0.15, -0.1) is 0 Å². The van der Waals surface area contributed by atoms with Crippen LogP contribution in [0.3, 0.4) is 0 Å². The zero-order chi connectivity index (χ0) is 55.1. The number of anilines is 9. The average molecular weight is 1060 g/mol. The van der Waals surface area contributed by atoms with Gasteiger partial charge in [-0.05, 0) is 158 Å². The minimum atomic E-state index is -0.212. The summed E-state index contributed by atoms with van der Waals surface area (Å²) in [5.41, 5.74) is 24.1. The molecule has 4 nitrogen and oxygen atoms in total. The van der Waals surface area contributed by atoms with Crippen molar-refractivity contribution in [2.45, 2.75) is 0 Å². The van der Waals surface area contributed by atoms with E-state index in [2.05, 4.69) is 342 Å². The van der Waals surface area contributed by atoms with Gasteiger partial charge in [-0.25, -0.2) is 0 Å². The molecule has 0 fully saturated rings. The van der Waals surface area contributed by atoms with Crippen molar-refractivity contribution < 1.29 is 4.74 Å². The number of rotatable bonds is 12. The molecular formula is C78H54BN3O. The third kappa shape index (κ3) is 9.11. The number of nitrogens with zero attached hydrogens (tertiary/aromatic N) is 3. The summed E-state index contributed by atoms with van der Waals surface area (Å²) in [5, 5.41) is 0. The molecule has 0 aromatic heterocycles. The van der Waals surface area contributed by atoms with Gasteiger partial charge in [0.2, 0.25) is 0 Å². The normalized spacial score (nSPS) is 11.9. The molecule has 0 saturated heterocycles. The number of hydrogen-bond donors (Lipinski definition) is 0. The molecule has 0 saturated carbocycles. The highest BCUT2D eigenvalue weighted by Crippen LogP contribution is 2.52. The number of fused-ring (bicyclic) bond motifs is 4. The van der Waals surface area contributed by atoms with Gasteiger partial charge in [0.25, 0.3) is 6.71 Å². The standard InChI is InChI=1S/C78H54BN3O/c1-9-26-55(27-10-1)59-48-60(56-28-11-2-12-29-56)50-61(49-59)62-51-74-77-76(52-62)83-75-54-68(81(65-38-21-7-22-39-65)66-40-23-8-24-41-66)45-47-72(75)79(77)71-46-44-67(80(63-34-17-5-18-35-63)64-36-19-6-20-37-64)53-73(71)82(74)78-69(57-30-13-3-14-31-57)42-25-43-70(78)58-32-15-4-16-33-58/h1-54H. The fourth-order valence-corrected chi connectivity index (χ4v) is 12.5. The van der Waals surface area contributed by atoms with Crippen molar-refractivity contribution in [2.24, 2.45) is 0 Å². The summed E-state index contributed by atoms with van der Waals surface area (Å²) in [6.45, 7) is -0.212. The Morgan fingerprint density at radius 2 is 0.627 bits per heavy atom. The van der Waals surface area contributed by atoms with Gasteiger partial charge in [0, 0.05) is 62.7 Å². The van der Waals surface area contributed by atoms with E-state index in [0.29, 0.717) is 0 Å². The summed E-state index contributed by atoms with van der Waals surface area (Å²) < 4.78 is 7.62. The quantitative estimate of drug-likeness (QED) is 0.114. The smallest absolute Gasteiger partial charge is 0.256 e. The predicted molar refractivity (Wildman–Crippen MR) is 349 cm³/mol. The van der Waals surface area contributed by atoms with Gasteiger partial charge >= 0.3 is 0 Å². The molecule has 2 aliphatic heterocycles. The average Bonchev–Trinajstić information content (AvgIpc) is 2.68. The van der Waals surface area contributed by atoms with E-state index < -0.39 is 0 Å². The second-order valence-electron chi connectivity index (χ2n) is 21.2. The van der Waals surface area contributed by atoms with Crippen LogP contribution in [0.4, 0.5) is 51.2 Å². The van der Waals surface area contributed by atoms with E-state index in [1.807, 2.05) is 0 Å². The van der Waals surface area contributed by atoms with E-state index in [1.54, 1.807) is 0 Å². The molecule has 5 heteroatoms. The third-order valence-corrected chi connectivity index (χ3v) is 16.2. The molecule has 0 amide bonds. The molecule has 15 rings (SSSR count). The Balaban J connectivity index is 1.05. The summed E-state index contributed by atoms with van der Waals surface area (Å²) in [6.07, 6.45) is 0. The Bertz CT molecular complexity index is 4260. The molecule has 13 aromatic rings. The first-order chi connectivity index (χ1) is 41.2. The molecule has 0 N–H and O–H groups in total. The largest absolute Gasteiger partial charge is 0.458 e. The van der Waals surface area contributed by atoms with Crippen molar-refractivity contribution in [3.8, 4) is 67.1 Å². The first kappa shape index (κ1) is 49.2. The molecule has 2 aliphatic rings. The van der Waals surface area contributed by atoms with Crippen molar-refractivity contribution >= 4 is 74.3 Å². The molecule has 0 unspecified atom stereocenters. The lowest BCUT2D eigenvalue weighted by molar-refractivity contribution is 0.488. The molecule has 83 heavy (non-hydrogen) atoms. The minimum absolute atomic E-state index is 0.212. The van der Waals surface area contributed by atoms with E-state index >= 15 is 0 Å². The van der Waals surface area contributed by atoms with E-state index in [4.69, 9.17) is 4.74 Å². The van der Waals surface area contributed by atoms with Gasteiger partial charge in [-0.2, -0.15) is 0 Å². The van der Waals surface area contributed by atoms with Gasteiger partial charge in [0.1, 0.15) is 11.5 Å². The number of benzene rings is 13. The van der Waals surface area contributed by atoms with Crippen molar-refractivity contribution in [1.82, 2.24) is 0 Å². The zero-order valence-electron chi connectivity index (χ0n) is 45.5. The monoisotopic (exact) mass is 1060 g/mol. The Hall–Kier alpha value is -10.9. The fraction of sp³-hybridized carbons (Fsp3) is 0. The van der Waals surface area contributed by atoms with Crippen molar-refractivity contribution in [3.05, 3.63) is 328 Å². The second kappa shape index (κ2) is 21.3. The van der Waals surface area contributed by atoms with Gasteiger partial charge in [-0.3, -0.25) is 0 Å². The highest BCUT2D eigenvalue weighted by Gasteiger charge is 2.44. The fourth-order valence-electron chi connectivity index (χ4n) is 12.5. The molecule has 0 spiro atoms. The molecule has 0 radical (unpaired) electrons. The lowest BCUT2D eigenvalue weighted by atomic mass is 9.34. The Labute approximate surface area is 485 Å². The van der Waals surface area contributed by atoms with Crippen LogP contribution < -0.4 is 35.8 Å². The van der Waals surface area contributed by atoms with Gasteiger partial charge in [0.05, 0.1) is 5.69 Å². The summed E-state index contributed by atoms with van der Waals surface area (Å²) >= 11 is 0. The Morgan fingerprint density at radius 3 is 1.07 bits per heavy atom. The lowest BCUT2D eigenvalue weighted by Crippen LogP contribution is -2.59. The van der Waals surface area contributed by atoms with Crippen LogP contribution in [0.25, 0.3) is 55.6 Å². The van der Waals surface area contributed by atoms with Crippen LogP contribution in [0.1, 0.15) is 0 Å². The van der Waals surface area contributed by atoms with Crippen LogP contribution in [0.5, 0.6) is 11.5 Å². The van der Waals surface area contributed by atoms with Crippen LogP contribution in [-0.4, -0.2) is 6.71 Å². The molecular weight excluding hydrogens is 1010 g/mol. The molecule has 2 heterocycles. The van der Waals surface area contributed by atoms with E-state index in [0.717, 1.165) is 129 Å². The van der Waals surface area contributed by atoms with Crippen LogP contribution in [0.2, 0.25) is 0 Å². The Kier molecular flexibility index (Phi) is 12.6. The van der Waals surface area contributed by atoms with Crippen molar-refractivity contribution in [3.63, 3.8) is 0 Å². The van der Waals surface area contributed by atoms with E-state index in [9.17, 15) is 0 Å². The third-order valence-electron chi connectivity index (χ3n) is 16.2. The summed E-state index contributed by atoms with van der Waals surface area (Å²) in [7, 11) is 0. The topological polar surface area (TPSA) is 19.0 Å². The van der Waals surface area contributed by atoms with E-state index in [1.165, 1.54) is 5.46 Å². The Morgan fingerprint density at radius 1 is 0.253 bits per heavy atom. The van der Waals surface area contributed by atoms with Gasteiger partial charge in [-0.1, -0.05) is 224 Å². The summed E-state index contributed by atoms with van der Waals surface area (Å²) in [4.78, 5) is 7.27. The summed E-state index contributed by atoms with van der Waals surface area (Å²) in [5.74, 6) is 1.63. The minimum Gasteiger partial charge on any atom is -0.458 e. The first-order valence-electron chi connectivity index (χ1n) is 28.4. The second-order valence-corrected chi connectivity index (χ2v) is 21.2. The predicted octanol–water partition coefficient (Wildman–Crippen LogP) is 19.4.